The van der Waals surface area contributed by atoms with Crippen molar-refractivity contribution < 1.29 is 9.15 Å². The highest BCUT2D eigenvalue weighted by atomic mass is 16.5. The molecule has 0 bridgehead atoms. The fourth-order valence-electron chi connectivity index (χ4n) is 2.42. The molecule has 1 atom stereocenters. The minimum atomic E-state index is 0.270. The molecule has 0 amide bonds. The van der Waals surface area contributed by atoms with Crippen LogP contribution in [-0.2, 0) is 4.74 Å². The summed E-state index contributed by atoms with van der Waals surface area (Å²) >= 11 is 0. The number of ether oxygens (including phenoxy) is 1. The summed E-state index contributed by atoms with van der Waals surface area (Å²) < 4.78 is 11.2. The Bertz CT molecular complexity index is 518. The van der Waals surface area contributed by atoms with Gasteiger partial charge in [-0.2, -0.15) is 0 Å². The Kier molecular flexibility index (Phi) is 5.00. The number of benzene rings is 1. The monoisotopic (exact) mass is 261 g/mol. The summed E-state index contributed by atoms with van der Waals surface area (Å²) in [6.07, 6.45) is 2.06. The largest absolute Gasteiger partial charge is 0.459 e. The predicted octanol–water partition coefficient (Wildman–Crippen LogP) is 3.82. The molecule has 0 aliphatic heterocycles. The number of methoxy groups -OCH3 is 1. The Morgan fingerprint density at radius 2 is 2.21 bits per heavy atom. The van der Waals surface area contributed by atoms with Crippen molar-refractivity contribution in [3.63, 3.8) is 0 Å². The van der Waals surface area contributed by atoms with E-state index >= 15 is 0 Å². The Labute approximate surface area is 114 Å². The van der Waals surface area contributed by atoms with Gasteiger partial charge in [-0.3, -0.25) is 0 Å². The summed E-state index contributed by atoms with van der Waals surface area (Å²) in [6.45, 7) is 5.94. The average molecular weight is 261 g/mol. The Hall–Kier alpha value is -1.32. The zero-order valence-corrected chi connectivity index (χ0v) is 12.0. The minimum absolute atomic E-state index is 0.270. The van der Waals surface area contributed by atoms with Crippen LogP contribution in [0.2, 0.25) is 0 Å². The smallest absolute Gasteiger partial charge is 0.137 e. The molecule has 0 saturated heterocycles. The quantitative estimate of drug-likeness (QED) is 0.769. The number of fused-ring (bicyclic) bond motifs is 1. The SMILES string of the molecule is CCNC(CCCOC)c1cc2cccc(C)c2o1. The maximum absolute atomic E-state index is 6.04. The fourth-order valence-corrected chi connectivity index (χ4v) is 2.42. The predicted molar refractivity (Wildman–Crippen MR) is 78.5 cm³/mol. The molecule has 1 aromatic carbocycles. The molecule has 0 fully saturated rings. The lowest BCUT2D eigenvalue weighted by atomic mass is 10.1. The van der Waals surface area contributed by atoms with E-state index in [4.69, 9.17) is 9.15 Å². The van der Waals surface area contributed by atoms with E-state index in [1.54, 1.807) is 7.11 Å². The van der Waals surface area contributed by atoms with Crippen LogP contribution in [0.4, 0.5) is 0 Å². The van der Waals surface area contributed by atoms with E-state index in [9.17, 15) is 0 Å². The van der Waals surface area contributed by atoms with Gasteiger partial charge in [0.2, 0.25) is 0 Å². The first kappa shape index (κ1) is 14.1. The lowest BCUT2D eigenvalue weighted by molar-refractivity contribution is 0.187. The third kappa shape index (κ3) is 3.37. The van der Waals surface area contributed by atoms with E-state index < -0.39 is 0 Å². The standard InChI is InChI=1S/C16H23NO2/c1-4-17-14(9-6-10-18-3)15-11-13-8-5-7-12(2)16(13)19-15/h5,7-8,11,14,17H,4,6,9-10H2,1-3H3. The van der Waals surface area contributed by atoms with Gasteiger partial charge in [-0.15, -0.1) is 0 Å². The molecular weight excluding hydrogens is 238 g/mol. The van der Waals surface area contributed by atoms with Crippen molar-refractivity contribution in [1.82, 2.24) is 5.32 Å². The van der Waals surface area contributed by atoms with Crippen molar-refractivity contribution >= 4 is 11.0 Å². The van der Waals surface area contributed by atoms with Gasteiger partial charge in [0.15, 0.2) is 0 Å². The third-order valence-corrected chi connectivity index (χ3v) is 3.40. The lowest BCUT2D eigenvalue weighted by Crippen LogP contribution is -2.20. The van der Waals surface area contributed by atoms with Crippen LogP contribution in [0.1, 0.15) is 37.1 Å². The Morgan fingerprint density at radius 1 is 1.37 bits per heavy atom. The summed E-state index contributed by atoms with van der Waals surface area (Å²) in [4.78, 5) is 0. The molecule has 104 valence electrons. The number of para-hydroxylation sites is 1. The first-order valence-corrected chi connectivity index (χ1v) is 6.97. The van der Waals surface area contributed by atoms with Gasteiger partial charge in [0, 0.05) is 19.1 Å². The van der Waals surface area contributed by atoms with E-state index in [-0.39, 0.29) is 6.04 Å². The van der Waals surface area contributed by atoms with Gasteiger partial charge in [0.05, 0.1) is 6.04 Å². The molecule has 3 heteroatoms. The molecule has 1 heterocycles. The summed E-state index contributed by atoms with van der Waals surface area (Å²) in [5.41, 5.74) is 2.20. The molecular formula is C16H23NO2. The van der Waals surface area contributed by atoms with Crippen molar-refractivity contribution in [2.45, 2.75) is 32.7 Å². The van der Waals surface area contributed by atoms with E-state index in [0.717, 1.165) is 37.3 Å². The van der Waals surface area contributed by atoms with Crippen molar-refractivity contribution in [2.75, 3.05) is 20.3 Å². The van der Waals surface area contributed by atoms with Gasteiger partial charge in [0.25, 0.3) is 0 Å². The van der Waals surface area contributed by atoms with E-state index in [0.29, 0.717) is 0 Å². The molecule has 0 spiro atoms. The second-order valence-electron chi connectivity index (χ2n) is 4.89. The van der Waals surface area contributed by atoms with Gasteiger partial charge in [-0.25, -0.2) is 0 Å². The normalized spacial score (nSPS) is 13.0. The molecule has 1 unspecified atom stereocenters. The van der Waals surface area contributed by atoms with Crippen LogP contribution in [0.15, 0.2) is 28.7 Å². The van der Waals surface area contributed by atoms with E-state index in [2.05, 4.69) is 43.4 Å². The zero-order valence-electron chi connectivity index (χ0n) is 12.0. The number of rotatable bonds is 7. The molecule has 19 heavy (non-hydrogen) atoms. The van der Waals surface area contributed by atoms with E-state index in [1.165, 1.54) is 10.9 Å². The number of hydrogen-bond donors (Lipinski definition) is 1. The van der Waals surface area contributed by atoms with Crippen LogP contribution in [0.5, 0.6) is 0 Å². The number of hydrogen-bond acceptors (Lipinski definition) is 3. The lowest BCUT2D eigenvalue weighted by Gasteiger charge is -2.14. The van der Waals surface area contributed by atoms with E-state index in [1.807, 2.05) is 0 Å². The Balaban J connectivity index is 2.20. The van der Waals surface area contributed by atoms with Gasteiger partial charge >= 0.3 is 0 Å². The maximum Gasteiger partial charge on any atom is 0.137 e. The van der Waals surface area contributed by atoms with Crippen LogP contribution in [0.3, 0.4) is 0 Å². The van der Waals surface area contributed by atoms with Gasteiger partial charge in [-0.05, 0) is 37.9 Å². The van der Waals surface area contributed by atoms with Crippen molar-refractivity contribution in [3.05, 3.63) is 35.6 Å². The first-order valence-electron chi connectivity index (χ1n) is 6.97. The average Bonchev–Trinajstić information content (AvgIpc) is 2.83. The molecule has 1 aromatic heterocycles. The molecule has 0 radical (unpaired) electrons. The molecule has 0 aliphatic carbocycles. The fraction of sp³-hybridized carbons (Fsp3) is 0.500. The summed E-state index contributed by atoms with van der Waals surface area (Å²) in [5.74, 6) is 1.03. The van der Waals surface area contributed by atoms with Crippen LogP contribution in [0, 0.1) is 6.92 Å². The van der Waals surface area contributed by atoms with Crippen LogP contribution in [-0.4, -0.2) is 20.3 Å². The van der Waals surface area contributed by atoms with Crippen molar-refractivity contribution in [2.24, 2.45) is 0 Å². The van der Waals surface area contributed by atoms with Crippen molar-refractivity contribution in [3.8, 4) is 0 Å². The topological polar surface area (TPSA) is 34.4 Å². The molecule has 1 N–H and O–H groups in total. The highest BCUT2D eigenvalue weighted by molar-refractivity contribution is 5.80. The zero-order chi connectivity index (χ0) is 13.7. The number of nitrogens with one attached hydrogen (secondary N) is 1. The van der Waals surface area contributed by atoms with Crippen LogP contribution >= 0.6 is 0 Å². The van der Waals surface area contributed by atoms with Gasteiger partial charge < -0.3 is 14.5 Å². The third-order valence-electron chi connectivity index (χ3n) is 3.40. The molecule has 2 aromatic rings. The number of furan rings is 1. The van der Waals surface area contributed by atoms with Crippen LogP contribution in [0.25, 0.3) is 11.0 Å². The van der Waals surface area contributed by atoms with Crippen LogP contribution < -0.4 is 5.32 Å². The second-order valence-corrected chi connectivity index (χ2v) is 4.89. The molecule has 3 nitrogen and oxygen atoms in total. The summed E-state index contributed by atoms with van der Waals surface area (Å²) in [6, 6.07) is 8.69. The molecule has 2 rings (SSSR count). The van der Waals surface area contributed by atoms with Gasteiger partial charge in [-0.1, -0.05) is 25.1 Å². The number of aryl methyl sites for hydroxylation is 1. The van der Waals surface area contributed by atoms with Crippen molar-refractivity contribution in [1.29, 1.82) is 0 Å². The maximum atomic E-state index is 6.04. The highest BCUT2D eigenvalue weighted by Gasteiger charge is 2.15. The van der Waals surface area contributed by atoms with Gasteiger partial charge in [0.1, 0.15) is 11.3 Å². The Morgan fingerprint density at radius 3 is 2.89 bits per heavy atom. The summed E-state index contributed by atoms with van der Waals surface area (Å²) in [5, 5.41) is 4.67. The molecule has 0 aliphatic rings. The second kappa shape index (κ2) is 6.73. The molecule has 0 saturated carbocycles. The first-order chi connectivity index (χ1) is 9.26. The minimum Gasteiger partial charge on any atom is -0.459 e. The highest BCUT2D eigenvalue weighted by Crippen LogP contribution is 2.28. The summed E-state index contributed by atoms with van der Waals surface area (Å²) in [7, 11) is 1.74.